The van der Waals surface area contributed by atoms with Crippen molar-refractivity contribution < 1.29 is 40.6 Å². The maximum absolute atomic E-state index is 13.8. The Bertz CT molecular complexity index is 2560. The SMILES string of the molecule is COc1ccc(CN(Cc2ccc(OC)cc2)S(=O)(=O)c2cc(C=O)n(C)n2)cc1.COc1ccc(CN(Cc2ccc(OC)cc2)S(=O)(=O)c2cc(CN3CCCC3)n(C)n2)cc1. The van der Waals surface area contributed by atoms with E-state index in [4.69, 9.17) is 18.9 Å². The van der Waals surface area contributed by atoms with Gasteiger partial charge in [0.25, 0.3) is 20.0 Å². The molecule has 18 heteroatoms. The highest BCUT2D eigenvalue weighted by Gasteiger charge is 2.30. The minimum atomic E-state index is -3.96. The molecule has 340 valence electrons. The van der Waals surface area contributed by atoms with Crippen molar-refractivity contribution in [3.8, 4) is 23.0 Å². The van der Waals surface area contributed by atoms with Crippen LogP contribution in [0.5, 0.6) is 23.0 Å². The van der Waals surface area contributed by atoms with Crippen LogP contribution >= 0.6 is 0 Å². The molecule has 0 radical (unpaired) electrons. The number of carbonyl (C=O) groups excluding carboxylic acids is 1. The Balaban J connectivity index is 0.000000214. The summed E-state index contributed by atoms with van der Waals surface area (Å²) in [6.45, 7) is 3.47. The van der Waals surface area contributed by atoms with Gasteiger partial charge in [0.15, 0.2) is 16.3 Å². The number of aryl methyl sites for hydroxylation is 2. The van der Waals surface area contributed by atoms with Crippen LogP contribution in [0.4, 0.5) is 0 Å². The van der Waals surface area contributed by atoms with E-state index in [1.54, 1.807) is 63.5 Å². The molecule has 0 atom stereocenters. The average molecular weight is 914 g/mol. The molecular weight excluding hydrogens is 859 g/mol. The first-order chi connectivity index (χ1) is 30.7. The van der Waals surface area contributed by atoms with Crippen LogP contribution in [0.3, 0.4) is 0 Å². The molecule has 0 amide bonds. The third-order valence-corrected chi connectivity index (χ3v) is 14.2. The number of ether oxygens (including phenoxy) is 4. The summed E-state index contributed by atoms with van der Waals surface area (Å²) in [6.07, 6.45) is 2.93. The number of aldehydes is 1. The predicted octanol–water partition coefficient (Wildman–Crippen LogP) is 6.07. The van der Waals surface area contributed by atoms with Gasteiger partial charge in [0.1, 0.15) is 28.7 Å². The molecule has 0 aliphatic carbocycles. The Morgan fingerprint density at radius 2 is 0.859 bits per heavy atom. The van der Waals surface area contributed by atoms with Gasteiger partial charge in [0, 0.05) is 59.0 Å². The molecule has 1 aliphatic rings. The maximum atomic E-state index is 13.8. The molecule has 16 nitrogen and oxygen atoms in total. The Kier molecular flexibility index (Phi) is 16.0. The summed E-state index contributed by atoms with van der Waals surface area (Å²) in [5.41, 5.74) is 4.40. The lowest BCUT2D eigenvalue weighted by Gasteiger charge is -2.21. The van der Waals surface area contributed by atoms with Gasteiger partial charge in [-0.1, -0.05) is 48.5 Å². The number of hydrogen-bond donors (Lipinski definition) is 0. The Labute approximate surface area is 375 Å². The van der Waals surface area contributed by atoms with Gasteiger partial charge in [-0.3, -0.25) is 19.1 Å². The molecule has 6 aromatic rings. The molecule has 0 bridgehead atoms. The first-order valence-electron chi connectivity index (χ1n) is 20.5. The summed E-state index contributed by atoms with van der Waals surface area (Å²) in [4.78, 5) is 13.5. The van der Waals surface area contributed by atoms with Crippen molar-refractivity contribution in [2.75, 3.05) is 41.5 Å². The van der Waals surface area contributed by atoms with Crippen molar-refractivity contribution >= 4 is 26.3 Å². The molecule has 64 heavy (non-hydrogen) atoms. The molecule has 1 saturated heterocycles. The van der Waals surface area contributed by atoms with Crippen LogP contribution in [0.2, 0.25) is 0 Å². The molecular formula is C46H55N7O9S2. The van der Waals surface area contributed by atoms with Crippen molar-refractivity contribution in [3.05, 3.63) is 143 Å². The summed E-state index contributed by atoms with van der Waals surface area (Å²) < 4.78 is 80.8. The second-order valence-electron chi connectivity index (χ2n) is 15.2. The van der Waals surface area contributed by atoms with Gasteiger partial charge in [-0.15, -0.1) is 0 Å². The van der Waals surface area contributed by atoms with Crippen LogP contribution in [-0.4, -0.2) is 97.7 Å². The number of aromatic nitrogens is 4. The first kappa shape index (κ1) is 47.4. The number of rotatable bonds is 19. The number of nitrogens with zero attached hydrogens (tertiary/aromatic N) is 7. The van der Waals surface area contributed by atoms with Gasteiger partial charge in [-0.25, -0.2) is 16.8 Å². The van der Waals surface area contributed by atoms with Crippen molar-refractivity contribution in [1.29, 1.82) is 0 Å². The number of benzene rings is 4. The van der Waals surface area contributed by atoms with Crippen LogP contribution in [0.15, 0.2) is 119 Å². The topological polar surface area (TPSA) is 168 Å². The highest BCUT2D eigenvalue weighted by atomic mass is 32.2. The molecule has 7 rings (SSSR count). The number of likely N-dealkylation sites (tertiary alicyclic amines) is 1. The van der Waals surface area contributed by atoms with Gasteiger partial charge in [-0.05, 0) is 96.7 Å². The van der Waals surface area contributed by atoms with Gasteiger partial charge < -0.3 is 18.9 Å². The lowest BCUT2D eigenvalue weighted by atomic mass is 10.2. The molecule has 1 aliphatic heterocycles. The summed E-state index contributed by atoms with van der Waals surface area (Å²) in [6, 6.07) is 32.2. The van der Waals surface area contributed by atoms with Gasteiger partial charge in [-0.2, -0.15) is 18.8 Å². The van der Waals surface area contributed by atoms with E-state index in [9.17, 15) is 21.6 Å². The highest BCUT2D eigenvalue weighted by Crippen LogP contribution is 2.26. The fourth-order valence-electron chi connectivity index (χ4n) is 7.07. The van der Waals surface area contributed by atoms with Crippen LogP contribution in [0.1, 0.15) is 51.3 Å². The third-order valence-electron chi connectivity index (χ3n) is 10.8. The minimum absolute atomic E-state index is 0.0752. The zero-order chi connectivity index (χ0) is 45.9. The number of carbonyl (C=O) groups is 1. The third kappa shape index (κ3) is 11.9. The van der Waals surface area contributed by atoms with E-state index in [1.165, 1.54) is 39.2 Å². The van der Waals surface area contributed by atoms with E-state index >= 15 is 0 Å². The second kappa shape index (κ2) is 21.6. The van der Waals surface area contributed by atoms with E-state index < -0.39 is 20.0 Å². The Morgan fingerprint density at radius 3 is 1.17 bits per heavy atom. The smallest absolute Gasteiger partial charge is 0.263 e. The van der Waals surface area contributed by atoms with Crippen molar-refractivity contribution in [2.24, 2.45) is 14.1 Å². The van der Waals surface area contributed by atoms with E-state index in [0.717, 1.165) is 52.5 Å². The van der Waals surface area contributed by atoms with E-state index in [2.05, 4.69) is 15.1 Å². The standard InChI is InChI=1S/C25H32N4O4S.C21H23N3O5S/c1-27-22(19-28-14-4-5-15-28)16-25(26-27)34(30,31)29(17-20-6-10-23(32-2)11-7-20)18-21-8-12-24(33-3)13-9-21;1-23-18(15-25)12-21(22-23)30(26,27)24(13-16-4-8-19(28-2)9-5-16)14-17-6-10-20(29-3)11-7-17/h6-13,16H,4-5,14-15,17-19H2,1-3H3;4-12,15H,13-14H2,1-3H3. The summed E-state index contributed by atoms with van der Waals surface area (Å²) in [5.74, 6) is 2.82. The largest absolute Gasteiger partial charge is 0.497 e. The summed E-state index contributed by atoms with van der Waals surface area (Å²) in [5, 5.41) is 8.33. The van der Waals surface area contributed by atoms with Crippen LogP contribution < -0.4 is 18.9 Å². The van der Waals surface area contributed by atoms with Gasteiger partial charge >= 0.3 is 0 Å². The maximum Gasteiger partial charge on any atom is 0.263 e. The predicted molar refractivity (Wildman–Crippen MR) is 241 cm³/mol. The van der Waals surface area contributed by atoms with E-state index in [1.807, 2.05) is 79.8 Å². The van der Waals surface area contributed by atoms with Crippen LogP contribution in [-0.2, 0) is 66.9 Å². The average Bonchev–Trinajstić information content (AvgIpc) is 4.08. The van der Waals surface area contributed by atoms with E-state index in [0.29, 0.717) is 24.3 Å². The molecule has 2 aromatic heterocycles. The fraction of sp³-hybridized carbons (Fsp3) is 0.326. The highest BCUT2D eigenvalue weighted by molar-refractivity contribution is 7.89. The monoisotopic (exact) mass is 913 g/mol. The van der Waals surface area contributed by atoms with Crippen LogP contribution in [0.25, 0.3) is 0 Å². The molecule has 3 heterocycles. The molecule has 0 unspecified atom stereocenters. The Hall–Kier alpha value is -6.05. The lowest BCUT2D eigenvalue weighted by molar-refractivity contribution is 0.111. The minimum Gasteiger partial charge on any atom is -0.497 e. The quantitative estimate of drug-likeness (QED) is 0.0863. The van der Waals surface area contributed by atoms with Crippen molar-refractivity contribution in [1.82, 2.24) is 33.1 Å². The molecule has 0 spiro atoms. The number of sulfonamides is 2. The number of methoxy groups -OCH3 is 4. The fourth-order valence-corrected chi connectivity index (χ4v) is 9.88. The Morgan fingerprint density at radius 1 is 0.531 bits per heavy atom. The van der Waals surface area contributed by atoms with Crippen LogP contribution in [0, 0.1) is 0 Å². The molecule has 4 aromatic carbocycles. The molecule has 1 fully saturated rings. The zero-order valence-electron chi connectivity index (χ0n) is 37.0. The normalized spacial score (nSPS) is 13.1. The van der Waals surface area contributed by atoms with Crippen molar-refractivity contribution in [3.63, 3.8) is 0 Å². The molecule has 0 N–H and O–H groups in total. The zero-order valence-corrected chi connectivity index (χ0v) is 38.6. The second-order valence-corrected chi connectivity index (χ2v) is 18.9. The van der Waals surface area contributed by atoms with Gasteiger partial charge in [0.2, 0.25) is 0 Å². The van der Waals surface area contributed by atoms with E-state index in [-0.39, 0.29) is 41.9 Å². The summed E-state index contributed by atoms with van der Waals surface area (Å²) in [7, 11) is 1.89. The van der Waals surface area contributed by atoms with Crippen molar-refractivity contribution in [2.45, 2.75) is 55.6 Å². The lowest BCUT2D eigenvalue weighted by Crippen LogP contribution is -2.30. The first-order valence-corrected chi connectivity index (χ1v) is 23.4. The molecule has 0 saturated carbocycles. The number of hydrogen-bond acceptors (Lipinski definition) is 12. The summed E-state index contributed by atoms with van der Waals surface area (Å²) >= 11 is 0. The van der Waals surface area contributed by atoms with Gasteiger partial charge in [0.05, 0.1) is 34.1 Å².